The van der Waals surface area contributed by atoms with Crippen molar-refractivity contribution in [1.29, 1.82) is 0 Å². The maximum absolute atomic E-state index is 7.38. The second-order valence-corrected chi connectivity index (χ2v) is 20.9. The topological polar surface area (TPSA) is 12.5 Å². The molecule has 0 saturated heterocycles. The van der Waals surface area contributed by atoms with Crippen LogP contribution in [0.5, 0.6) is 0 Å². The Kier molecular flexibility index (Phi) is 11.9. The molecule has 4 heteroatoms. The van der Waals surface area contributed by atoms with Crippen LogP contribution in [0.15, 0.2) is 61.2 Å². The Balaban J connectivity index is 2.14. The predicted molar refractivity (Wildman–Crippen MR) is 165 cm³/mol. The van der Waals surface area contributed by atoms with E-state index >= 15 is 0 Å². The molecule has 0 aliphatic rings. The average Bonchev–Trinajstić information content (AvgIpc) is 2.83. The smallest absolute Gasteiger partial charge is 0.257 e. The second kappa shape index (κ2) is 13.9. The van der Waals surface area contributed by atoms with Crippen molar-refractivity contribution < 1.29 is 4.12 Å². The van der Waals surface area contributed by atoms with Crippen molar-refractivity contribution in [3.05, 3.63) is 77.9 Å². The van der Waals surface area contributed by atoms with Gasteiger partial charge in [0.25, 0.3) is 8.48 Å². The zero-order valence-corrected chi connectivity index (χ0v) is 26.6. The Labute approximate surface area is 225 Å². The van der Waals surface area contributed by atoms with Gasteiger partial charge in [0.1, 0.15) is 0 Å². The van der Waals surface area contributed by atoms with Crippen LogP contribution < -0.4 is 0 Å². The minimum absolute atomic E-state index is 0.236. The van der Waals surface area contributed by atoms with Gasteiger partial charge in [0.2, 0.25) is 0 Å². The summed E-state index contributed by atoms with van der Waals surface area (Å²) in [6.07, 6.45) is 7.31. The summed E-state index contributed by atoms with van der Waals surface area (Å²) in [7, 11) is -3.90. The maximum atomic E-state index is 7.38. The number of hydrogen-bond donors (Lipinski definition) is 0. The molecule has 2 aromatic carbocycles. The summed E-state index contributed by atoms with van der Waals surface area (Å²) in [4.78, 5) is 0. The van der Waals surface area contributed by atoms with Gasteiger partial charge in [0.15, 0.2) is 8.32 Å². The maximum Gasteiger partial charge on any atom is 0.257 e. The van der Waals surface area contributed by atoms with Crippen LogP contribution >= 0.6 is 0 Å². The lowest BCUT2D eigenvalue weighted by Gasteiger charge is -2.48. The highest BCUT2D eigenvalue weighted by Crippen LogP contribution is 2.40. The third-order valence-electron chi connectivity index (χ3n) is 8.04. The van der Waals surface area contributed by atoms with Crippen molar-refractivity contribution in [2.75, 3.05) is 13.1 Å². The van der Waals surface area contributed by atoms with Gasteiger partial charge in [-0.3, -0.25) is 0 Å². The van der Waals surface area contributed by atoms with E-state index in [1.54, 1.807) is 0 Å². The van der Waals surface area contributed by atoms with E-state index in [9.17, 15) is 0 Å². The Morgan fingerprint density at radius 3 is 1.83 bits per heavy atom. The third-order valence-corrected chi connectivity index (χ3v) is 18.5. The van der Waals surface area contributed by atoms with Crippen LogP contribution in [0.4, 0.5) is 0 Å². The lowest BCUT2D eigenvalue weighted by atomic mass is 9.98. The molecular weight excluding hydrogens is 471 g/mol. The molecule has 1 atom stereocenters. The Hall–Kier alpha value is -1.47. The number of aryl methyl sites for hydroxylation is 1. The van der Waals surface area contributed by atoms with Crippen LogP contribution in [0.2, 0.25) is 30.7 Å². The summed E-state index contributed by atoms with van der Waals surface area (Å²) >= 11 is 0. The molecule has 36 heavy (non-hydrogen) atoms. The van der Waals surface area contributed by atoms with Gasteiger partial charge in [-0.1, -0.05) is 109 Å². The van der Waals surface area contributed by atoms with Gasteiger partial charge in [-0.05, 0) is 91.8 Å². The molecule has 0 aliphatic carbocycles. The SMILES string of the molecule is C=C(c1ccccc1)c1ccc(CCC[Si](C)(O[Si](C)(C)C(C)(C)C)N(CCCC)CCCC)cc1. The highest BCUT2D eigenvalue weighted by Gasteiger charge is 2.46. The lowest BCUT2D eigenvalue weighted by Crippen LogP contribution is -2.61. The van der Waals surface area contributed by atoms with E-state index in [-0.39, 0.29) is 5.04 Å². The summed E-state index contributed by atoms with van der Waals surface area (Å²) in [5, 5.41) is 0.236. The molecule has 0 bridgehead atoms. The number of benzene rings is 2. The number of hydrogen-bond acceptors (Lipinski definition) is 2. The average molecular weight is 524 g/mol. The highest BCUT2D eigenvalue weighted by atomic mass is 28.4. The molecule has 0 aliphatic heterocycles. The largest absolute Gasteiger partial charge is 0.444 e. The van der Waals surface area contributed by atoms with E-state index in [1.807, 2.05) is 0 Å². The molecule has 0 fully saturated rings. The second-order valence-electron chi connectivity index (χ2n) is 12.1. The Bertz CT molecular complexity index is 909. The molecule has 200 valence electrons. The van der Waals surface area contributed by atoms with Gasteiger partial charge in [0, 0.05) is 0 Å². The number of unbranched alkanes of at least 4 members (excludes halogenated alkanes) is 2. The summed E-state index contributed by atoms with van der Waals surface area (Å²) < 4.78 is 10.2. The Morgan fingerprint density at radius 2 is 1.33 bits per heavy atom. The molecule has 2 aromatic rings. The minimum Gasteiger partial charge on any atom is -0.444 e. The molecule has 0 N–H and O–H groups in total. The highest BCUT2D eigenvalue weighted by molar-refractivity contribution is 6.85. The van der Waals surface area contributed by atoms with E-state index in [2.05, 4.69) is 120 Å². The van der Waals surface area contributed by atoms with Crippen molar-refractivity contribution >= 4 is 22.4 Å². The molecule has 0 aromatic heterocycles. The van der Waals surface area contributed by atoms with Crippen molar-refractivity contribution in [3.8, 4) is 0 Å². The van der Waals surface area contributed by atoms with Gasteiger partial charge in [-0.25, -0.2) is 0 Å². The first-order valence-corrected chi connectivity index (χ1v) is 19.7. The predicted octanol–water partition coefficient (Wildman–Crippen LogP) is 9.68. The first-order valence-electron chi connectivity index (χ1n) is 14.2. The first kappa shape index (κ1) is 30.8. The number of nitrogens with zero attached hydrogens (tertiary/aromatic N) is 1. The zero-order chi connectivity index (χ0) is 26.8. The molecule has 0 amide bonds. The molecule has 0 saturated carbocycles. The van der Waals surface area contributed by atoms with Crippen molar-refractivity contribution in [1.82, 2.24) is 4.57 Å². The fourth-order valence-electron chi connectivity index (χ4n) is 4.56. The van der Waals surface area contributed by atoms with Crippen LogP contribution in [-0.2, 0) is 10.5 Å². The van der Waals surface area contributed by atoms with Crippen molar-refractivity contribution in [3.63, 3.8) is 0 Å². The summed E-state index contributed by atoms with van der Waals surface area (Å²) in [5.41, 5.74) is 4.90. The van der Waals surface area contributed by atoms with E-state index < -0.39 is 16.8 Å². The quantitative estimate of drug-likeness (QED) is 0.215. The van der Waals surface area contributed by atoms with E-state index in [0.717, 1.165) is 12.0 Å². The lowest BCUT2D eigenvalue weighted by molar-refractivity contribution is 0.320. The molecule has 2 nitrogen and oxygen atoms in total. The fraction of sp³-hybridized carbons (Fsp3) is 0.562. The molecule has 0 heterocycles. The van der Waals surface area contributed by atoms with Gasteiger partial charge in [-0.2, -0.15) is 0 Å². The normalized spacial score (nSPS) is 14.1. The molecule has 0 spiro atoms. The van der Waals surface area contributed by atoms with Crippen LogP contribution in [0.1, 0.15) is 83.4 Å². The van der Waals surface area contributed by atoms with Gasteiger partial charge >= 0.3 is 0 Å². The fourth-order valence-corrected chi connectivity index (χ4v) is 13.5. The van der Waals surface area contributed by atoms with Crippen LogP contribution in [0, 0.1) is 0 Å². The van der Waals surface area contributed by atoms with Gasteiger partial charge < -0.3 is 8.68 Å². The summed E-state index contributed by atoms with van der Waals surface area (Å²) in [6, 6.07) is 20.7. The summed E-state index contributed by atoms with van der Waals surface area (Å²) in [5.74, 6) is 0. The number of rotatable bonds is 15. The molecule has 0 radical (unpaired) electrons. The molecule has 1 unspecified atom stereocenters. The first-order chi connectivity index (χ1) is 16.9. The van der Waals surface area contributed by atoms with Crippen molar-refractivity contribution in [2.24, 2.45) is 0 Å². The van der Waals surface area contributed by atoms with E-state index in [4.69, 9.17) is 4.12 Å². The Morgan fingerprint density at radius 1 is 0.806 bits per heavy atom. The standard InChI is InChI=1S/C32H53NOSi2/c1-10-12-25-33(26-13-11-2)36(9,34-35(7,8)32(4,5)6)27-17-18-29-21-23-31(24-22-29)28(3)30-19-15-14-16-20-30/h14-16,19-24H,3,10-13,17-18,25-27H2,1-2,4-9H3. The zero-order valence-electron chi connectivity index (χ0n) is 24.6. The monoisotopic (exact) mass is 523 g/mol. The van der Waals surface area contributed by atoms with Crippen molar-refractivity contribution in [2.45, 2.75) is 104 Å². The van der Waals surface area contributed by atoms with Gasteiger partial charge in [0.05, 0.1) is 0 Å². The minimum atomic E-state index is -2.04. The summed E-state index contributed by atoms with van der Waals surface area (Å²) in [6.45, 7) is 25.8. The third kappa shape index (κ3) is 8.83. The molecular formula is C32H53NOSi2. The van der Waals surface area contributed by atoms with Crippen LogP contribution in [-0.4, -0.2) is 34.5 Å². The molecule has 2 rings (SSSR count). The van der Waals surface area contributed by atoms with E-state index in [0.29, 0.717) is 0 Å². The van der Waals surface area contributed by atoms with Gasteiger partial charge in [-0.15, -0.1) is 0 Å². The van der Waals surface area contributed by atoms with E-state index in [1.165, 1.54) is 67.9 Å². The van der Waals surface area contributed by atoms with Crippen LogP contribution in [0.25, 0.3) is 5.57 Å². The van der Waals surface area contributed by atoms with Crippen LogP contribution in [0.3, 0.4) is 0 Å².